The SMILES string of the molecule is COCCN(C)c1ccc(/C(N)=N/O)cc1Br. The summed E-state index contributed by atoms with van der Waals surface area (Å²) in [7, 11) is 3.65. The van der Waals surface area contributed by atoms with Gasteiger partial charge in [0.2, 0.25) is 0 Å². The van der Waals surface area contributed by atoms with Crippen molar-refractivity contribution in [3.8, 4) is 0 Å². The van der Waals surface area contributed by atoms with Crippen molar-refractivity contribution in [2.75, 3.05) is 32.2 Å². The van der Waals surface area contributed by atoms with Crippen LogP contribution in [-0.4, -0.2) is 38.4 Å². The first-order chi connectivity index (χ1) is 8.10. The first-order valence-electron chi connectivity index (χ1n) is 5.07. The number of ether oxygens (including phenoxy) is 1. The highest BCUT2D eigenvalue weighted by Crippen LogP contribution is 2.26. The molecule has 0 radical (unpaired) electrons. The highest BCUT2D eigenvalue weighted by atomic mass is 79.9. The maximum atomic E-state index is 8.59. The van der Waals surface area contributed by atoms with E-state index in [9.17, 15) is 0 Å². The van der Waals surface area contributed by atoms with Crippen LogP contribution in [0.4, 0.5) is 5.69 Å². The first kappa shape index (κ1) is 13.8. The minimum Gasteiger partial charge on any atom is -0.409 e. The number of nitrogens with two attached hydrogens (primary N) is 1. The highest BCUT2D eigenvalue weighted by molar-refractivity contribution is 9.10. The maximum absolute atomic E-state index is 8.59. The van der Waals surface area contributed by atoms with Crippen LogP contribution in [0.25, 0.3) is 0 Å². The third kappa shape index (κ3) is 3.61. The van der Waals surface area contributed by atoms with Gasteiger partial charge in [0.15, 0.2) is 5.84 Å². The molecule has 1 rings (SSSR count). The second-order valence-corrected chi connectivity index (χ2v) is 4.42. The number of benzene rings is 1. The van der Waals surface area contributed by atoms with Crippen molar-refractivity contribution in [1.82, 2.24) is 0 Å². The van der Waals surface area contributed by atoms with Gasteiger partial charge in [0.25, 0.3) is 0 Å². The van der Waals surface area contributed by atoms with E-state index in [1.807, 2.05) is 19.2 Å². The van der Waals surface area contributed by atoms with E-state index in [0.29, 0.717) is 12.2 Å². The minimum atomic E-state index is 0.0943. The number of anilines is 1. The highest BCUT2D eigenvalue weighted by Gasteiger charge is 2.08. The van der Waals surface area contributed by atoms with Crippen LogP contribution in [0.5, 0.6) is 0 Å². The quantitative estimate of drug-likeness (QED) is 0.375. The van der Waals surface area contributed by atoms with E-state index in [-0.39, 0.29) is 5.84 Å². The number of rotatable bonds is 5. The van der Waals surface area contributed by atoms with Gasteiger partial charge in [-0.15, -0.1) is 0 Å². The summed E-state index contributed by atoms with van der Waals surface area (Å²) in [4.78, 5) is 2.06. The Bertz CT molecular complexity index is 410. The molecule has 94 valence electrons. The monoisotopic (exact) mass is 301 g/mol. The van der Waals surface area contributed by atoms with E-state index in [1.165, 1.54) is 0 Å². The minimum absolute atomic E-state index is 0.0943. The molecule has 0 aliphatic heterocycles. The molecule has 0 aliphatic carbocycles. The van der Waals surface area contributed by atoms with E-state index in [2.05, 4.69) is 26.0 Å². The predicted octanol–water partition coefficient (Wildman–Crippen LogP) is 1.63. The van der Waals surface area contributed by atoms with E-state index in [4.69, 9.17) is 15.7 Å². The van der Waals surface area contributed by atoms with Crippen LogP contribution in [0.2, 0.25) is 0 Å². The van der Waals surface area contributed by atoms with Crippen LogP contribution in [0.3, 0.4) is 0 Å². The maximum Gasteiger partial charge on any atom is 0.170 e. The van der Waals surface area contributed by atoms with Gasteiger partial charge < -0.3 is 20.6 Å². The normalized spacial score (nSPS) is 11.6. The van der Waals surface area contributed by atoms with Gasteiger partial charge in [-0.1, -0.05) is 5.16 Å². The molecule has 3 N–H and O–H groups in total. The lowest BCUT2D eigenvalue weighted by atomic mass is 10.2. The van der Waals surface area contributed by atoms with Crippen molar-refractivity contribution < 1.29 is 9.94 Å². The van der Waals surface area contributed by atoms with Crippen LogP contribution < -0.4 is 10.6 Å². The van der Waals surface area contributed by atoms with Crippen LogP contribution >= 0.6 is 15.9 Å². The number of likely N-dealkylation sites (N-methyl/N-ethyl adjacent to an activating group) is 1. The third-order valence-electron chi connectivity index (χ3n) is 2.39. The number of hydrogen-bond donors (Lipinski definition) is 2. The molecule has 0 aromatic heterocycles. The molecule has 0 aliphatic rings. The standard InChI is InChI=1S/C11H16BrN3O2/c1-15(5-6-17-2)10-4-3-8(7-9(10)12)11(13)14-16/h3-4,7,16H,5-6H2,1-2H3,(H2,13,14). The second-order valence-electron chi connectivity index (χ2n) is 3.57. The molecule has 6 heteroatoms. The Hall–Kier alpha value is -1.27. The summed E-state index contributed by atoms with van der Waals surface area (Å²) in [5, 5.41) is 11.6. The molecule has 17 heavy (non-hydrogen) atoms. The summed E-state index contributed by atoms with van der Waals surface area (Å²) < 4.78 is 5.91. The third-order valence-corrected chi connectivity index (χ3v) is 3.03. The summed E-state index contributed by atoms with van der Waals surface area (Å²) in [6, 6.07) is 5.53. The van der Waals surface area contributed by atoms with Crippen molar-refractivity contribution in [3.05, 3.63) is 28.2 Å². The predicted molar refractivity (Wildman–Crippen MR) is 71.8 cm³/mol. The van der Waals surface area contributed by atoms with E-state index >= 15 is 0 Å². The van der Waals surface area contributed by atoms with Gasteiger partial charge in [0.05, 0.1) is 12.3 Å². The summed E-state index contributed by atoms with van der Waals surface area (Å²) in [5.74, 6) is 0.0943. The lowest BCUT2D eigenvalue weighted by molar-refractivity contribution is 0.206. The van der Waals surface area contributed by atoms with E-state index in [0.717, 1.165) is 16.7 Å². The summed E-state index contributed by atoms with van der Waals surface area (Å²) in [6.45, 7) is 1.45. The van der Waals surface area contributed by atoms with E-state index < -0.39 is 0 Å². The average molecular weight is 302 g/mol. The molecule has 0 atom stereocenters. The second kappa shape index (κ2) is 6.46. The zero-order valence-corrected chi connectivity index (χ0v) is 11.4. The molecule has 0 spiro atoms. The fourth-order valence-corrected chi connectivity index (χ4v) is 2.06. The van der Waals surface area contributed by atoms with Crippen LogP contribution in [-0.2, 0) is 4.74 Å². The molecular formula is C11H16BrN3O2. The molecule has 0 unspecified atom stereocenters. The number of hydrogen-bond acceptors (Lipinski definition) is 4. The number of amidine groups is 1. The van der Waals surface area contributed by atoms with Crippen molar-refractivity contribution in [1.29, 1.82) is 0 Å². The Labute approximate surface area is 109 Å². The van der Waals surface area contributed by atoms with Gasteiger partial charge in [-0.3, -0.25) is 0 Å². The molecule has 0 saturated heterocycles. The van der Waals surface area contributed by atoms with Gasteiger partial charge in [0.1, 0.15) is 0 Å². The largest absolute Gasteiger partial charge is 0.409 e. The molecule has 0 fully saturated rings. The lowest BCUT2D eigenvalue weighted by Crippen LogP contribution is -2.22. The van der Waals surface area contributed by atoms with Crippen molar-refractivity contribution in [2.45, 2.75) is 0 Å². The van der Waals surface area contributed by atoms with Gasteiger partial charge in [-0.05, 0) is 34.1 Å². The summed E-state index contributed by atoms with van der Waals surface area (Å²) in [6.07, 6.45) is 0. The summed E-state index contributed by atoms with van der Waals surface area (Å²) >= 11 is 3.46. The van der Waals surface area contributed by atoms with Gasteiger partial charge in [-0.25, -0.2) is 0 Å². The fourth-order valence-electron chi connectivity index (χ4n) is 1.38. The van der Waals surface area contributed by atoms with Crippen molar-refractivity contribution in [3.63, 3.8) is 0 Å². The Balaban J connectivity index is 2.89. The molecule has 0 saturated carbocycles. The molecule has 5 nitrogen and oxygen atoms in total. The average Bonchev–Trinajstić information content (AvgIpc) is 2.34. The van der Waals surface area contributed by atoms with Crippen molar-refractivity contribution >= 4 is 27.5 Å². The number of oxime groups is 1. The first-order valence-corrected chi connectivity index (χ1v) is 5.87. The molecule has 0 heterocycles. The number of nitrogens with zero attached hydrogens (tertiary/aromatic N) is 2. The zero-order valence-electron chi connectivity index (χ0n) is 9.85. The van der Waals surface area contributed by atoms with Gasteiger partial charge in [0, 0.05) is 30.7 Å². The molecular weight excluding hydrogens is 286 g/mol. The smallest absolute Gasteiger partial charge is 0.170 e. The Morgan fingerprint density at radius 1 is 1.59 bits per heavy atom. The van der Waals surface area contributed by atoms with Crippen LogP contribution in [0, 0.1) is 0 Å². The molecule has 0 bridgehead atoms. The van der Waals surface area contributed by atoms with Gasteiger partial charge in [-0.2, -0.15) is 0 Å². The van der Waals surface area contributed by atoms with Crippen LogP contribution in [0.15, 0.2) is 27.8 Å². The molecule has 0 amide bonds. The molecule has 1 aromatic carbocycles. The molecule has 1 aromatic rings. The fraction of sp³-hybridized carbons (Fsp3) is 0.364. The number of halogens is 1. The van der Waals surface area contributed by atoms with Crippen LogP contribution in [0.1, 0.15) is 5.56 Å². The summed E-state index contributed by atoms with van der Waals surface area (Å²) in [5.41, 5.74) is 7.21. The van der Waals surface area contributed by atoms with E-state index in [1.54, 1.807) is 13.2 Å². The number of methoxy groups -OCH3 is 1. The Morgan fingerprint density at radius 2 is 2.29 bits per heavy atom. The lowest BCUT2D eigenvalue weighted by Gasteiger charge is -2.20. The topological polar surface area (TPSA) is 71.1 Å². The Morgan fingerprint density at radius 3 is 2.82 bits per heavy atom. The Kier molecular flexibility index (Phi) is 5.24. The van der Waals surface area contributed by atoms with Gasteiger partial charge >= 0.3 is 0 Å². The zero-order chi connectivity index (χ0) is 12.8. The van der Waals surface area contributed by atoms with Crippen molar-refractivity contribution in [2.24, 2.45) is 10.9 Å².